The van der Waals surface area contributed by atoms with E-state index in [-0.39, 0.29) is 0 Å². The van der Waals surface area contributed by atoms with Gasteiger partial charge in [0.05, 0.1) is 8.07 Å². The molecule has 1 aliphatic rings. The van der Waals surface area contributed by atoms with Crippen LogP contribution in [0.25, 0.3) is 0 Å². The Bertz CT molecular complexity index is 394. The molecule has 0 aromatic rings. The van der Waals surface area contributed by atoms with E-state index in [1.54, 1.807) is 10.8 Å². The average molecular weight is 340 g/mol. The molecule has 1 rings (SSSR count). The molecule has 0 spiro atoms. The third kappa shape index (κ3) is 3.96. The fourth-order valence-electron chi connectivity index (χ4n) is 4.02. The summed E-state index contributed by atoms with van der Waals surface area (Å²) in [6.45, 7) is 19.8. The summed E-state index contributed by atoms with van der Waals surface area (Å²) in [4.78, 5) is 0. The van der Waals surface area contributed by atoms with Gasteiger partial charge in [-0.3, -0.25) is 0 Å². The molecule has 0 bridgehead atoms. The van der Waals surface area contributed by atoms with E-state index in [9.17, 15) is 0 Å². The van der Waals surface area contributed by atoms with Gasteiger partial charge in [-0.1, -0.05) is 70.8 Å². The fourth-order valence-corrected chi connectivity index (χ4v) is 7.94. The molecule has 130 valence electrons. The van der Waals surface area contributed by atoms with Gasteiger partial charge in [0.2, 0.25) is 0 Å². The summed E-state index contributed by atoms with van der Waals surface area (Å²) in [7, 11) is -0.240. The molecule has 0 heterocycles. The molecule has 3 heteroatoms. The predicted octanol–water partition coefficient (Wildman–Crippen LogP) is 4.76. The molecule has 0 amide bonds. The van der Waals surface area contributed by atoms with Gasteiger partial charge in [0, 0.05) is 21.4 Å². The van der Waals surface area contributed by atoms with Crippen LogP contribution < -0.4 is 5.32 Å². The van der Waals surface area contributed by atoms with Crippen molar-refractivity contribution in [2.45, 2.75) is 109 Å². The van der Waals surface area contributed by atoms with Crippen LogP contribution >= 0.6 is 0 Å². The minimum atomic E-state index is -1.44. The van der Waals surface area contributed by atoms with Gasteiger partial charge in [-0.05, 0) is 38.1 Å². The summed E-state index contributed by atoms with van der Waals surface area (Å²) in [5.74, 6) is 0. The Hall–Kier alpha value is 0.134. The fraction of sp³-hybridized carbons (Fsp3) is 0.895. The van der Waals surface area contributed by atoms with E-state index in [1.165, 1.54) is 48.8 Å². The summed E-state index contributed by atoms with van der Waals surface area (Å²) >= 11 is 0. The average Bonchev–Trinajstić information content (AvgIpc) is 2.43. The third-order valence-electron chi connectivity index (χ3n) is 6.95. The van der Waals surface area contributed by atoms with Crippen molar-refractivity contribution in [1.82, 2.24) is 5.32 Å². The second-order valence-corrected chi connectivity index (χ2v) is 16.5. The second kappa shape index (κ2) is 7.35. The van der Waals surface area contributed by atoms with Crippen molar-refractivity contribution in [2.24, 2.45) is 0 Å². The zero-order valence-electron chi connectivity index (χ0n) is 16.8. The van der Waals surface area contributed by atoms with Crippen LogP contribution in [0.3, 0.4) is 0 Å². The van der Waals surface area contributed by atoms with Crippen molar-refractivity contribution in [3.05, 3.63) is 10.8 Å². The van der Waals surface area contributed by atoms with Gasteiger partial charge in [0.1, 0.15) is 0 Å². The number of rotatable bonds is 5. The van der Waals surface area contributed by atoms with Crippen LogP contribution in [0.1, 0.15) is 80.1 Å². The largest absolute Gasteiger partial charge is 0.307 e. The van der Waals surface area contributed by atoms with Gasteiger partial charge < -0.3 is 5.32 Å². The lowest BCUT2D eigenvalue weighted by Crippen LogP contribution is -2.69. The third-order valence-corrected chi connectivity index (χ3v) is 14.5. The SMILES string of the molecule is CCC(NC1([Si](C)(C)C(C)(C)C)CCCCC1)C(C)=C(C)[SiH3]. The van der Waals surface area contributed by atoms with Gasteiger partial charge >= 0.3 is 0 Å². The van der Waals surface area contributed by atoms with Crippen molar-refractivity contribution < 1.29 is 0 Å². The second-order valence-electron chi connectivity index (χ2n) is 9.31. The van der Waals surface area contributed by atoms with Crippen LogP contribution in [-0.4, -0.2) is 29.5 Å². The molecule has 0 aromatic carbocycles. The minimum absolute atomic E-state index is 0.419. The molecular weight excluding hydrogens is 298 g/mol. The Kier molecular flexibility index (Phi) is 6.74. The Morgan fingerprint density at radius 2 is 1.64 bits per heavy atom. The van der Waals surface area contributed by atoms with Gasteiger partial charge in [-0.2, -0.15) is 0 Å². The molecular formula is C19H41NSi2. The van der Waals surface area contributed by atoms with Crippen LogP contribution in [0.4, 0.5) is 0 Å². The lowest BCUT2D eigenvalue weighted by molar-refractivity contribution is 0.282. The topological polar surface area (TPSA) is 12.0 Å². The van der Waals surface area contributed by atoms with Gasteiger partial charge in [-0.25, -0.2) is 0 Å². The molecule has 0 radical (unpaired) electrons. The molecule has 1 fully saturated rings. The number of allylic oxidation sites excluding steroid dienone is 1. The van der Waals surface area contributed by atoms with Crippen LogP contribution in [-0.2, 0) is 0 Å². The van der Waals surface area contributed by atoms with E-state index in [1.807, 2.05) is 0 Å². The highest BCUT2D eigenvalue weighted by atomic mass is 28.3. The molecule has 0 saturated heterocycles. The van der Waals surface area contributed by atoms with Crippen molar-refractivity contribution in [3.63, 3.8) is 0 Å². The monoisotopic (exact) mass is 339 g/mol. The number of hydrogen-bond donors (Lipinski definition) is 1. The van der Waals surface area contributed by atoms with E-state index in [2.05, 4.69) is 60.0 Å². The highest BCUT2D eigenvalue weighted by molar-refractivity contribution is 6.83. The first kappa shape index (κ1) is 20.2. The summed E-state index contributed by atoms with van der Waals surface area (Å²) in [5.41, 5.74) is 1.62. The van der Waals surface area contributed by atoms with E-state index in [0.29, 0.717) is 16.2 Å². The number of nitrogens with one attached hydrogen (secondary N) is 1. The Labute approximate surface area is 144 Å². The van der Waals surface area contributed by atoms with Crippen molar-refractivity contribution >= 4 is 18.3 Å². The lowest BCUT2D eigenvalue weighted by atomic mass is 9.92. The maximum atomic E-state index is 4.27. The first-order valence-corrected chi connectivity index (χ1v) is 13.4. The van der Waals surface area contributed by atoms with Crippen molar-refractivity contribution in [3.8, 4) is 0 Å². The van der Waals surface area contributed by atoms with Crippen LogP contribution in [0.5, 0.6) is 0 Å². The molecule has 1 atom stereocenters. The van der Waals surface area contributed by atoms with E-state index < -0.39 is 8.07 Å². The quantitative estimate of drug-likeness (QED) is 0.712. The smallest absolute Gasteiger partial charge is 0.0758 e. The highest BCUT2D eigenvalue weighted by Gasteiger charge is 2.53. The summed E-state index contributed by atoms with van der Waals surface area (Å²) in [5, 5.41) is 6.77. The maximum Gasteiger partial charge on any atom is 0.0758 e. The van der Waals surface area contributed by atoms with E-state index >= 15 is 0 Å². The van der Waals surface area contributed by atoms with Crippen molar-refractivity contribution in [2.75, 3.05) is 0 Å². The Balaban J connectivity index is 3.21. The van der Waals surface area contributed by atoms with E-state index in [4.69, 9.17) is 0 Å². The summed E-state index contributed by atoms with van der Waals surface area (Å²) < 4.78 is 0. The molecule has 1 N–H and O–H groups in total. The molecule has 1 unspecified atom stereocenters. The number of hydrogen-bond acceptors (Lipinski definition) is 1. The molecule has 22 heavy (non-hydrogen) atoms. The van der Waals surface area contributed by atoms with E-state index in [0.717, 1.165) is 0 Å². The maximum absolute atomic E-state index is 4.27. The normalized spacial score (nSPS) is 22.4. The van der Waals surface area contributed by atoms with Gasteiger partial charge in [0.15, 0.2) is 0 Å². The van der Waals surface area contributed by atoms with Crippen LogP contribution in [0.15, 0.2) is 10.8 Å². The minimum Gasteiger partial charge on any atom is -0.307 e. The summed E-state index contributed by atoms with van der Waals surface area (Å²) in [6.07, 6.45) is 8.28. The molecule has 1 aliphatic carbocycles. The standard InChI is InChI=1S/C19H41NSi2/c1-9-17(15(2)16(3)21)20-19(13-11-10-12-14-19)22(7,8)18(4,5)6/h17,20H,9-14H2,1-8,21H3. The van der Waals surface area contributed by atoms with Gasteiger partial charge in [0.25, 0.3) is 0 Å². The zero-order chi connectivity index (χ0) is 17.2. The van der Waals surface area contributed by atoms with Gasteiger partial charge in [-0.15, -0.1) is 0 Å². The summed E-state index contributed by atoms with van der Waals surface area (Å²) in [6, 6.07) is 0.588. The zero-order valence-corrected chi connectivity index (χ0v) is 19.8. The first-order valence-electron chi connectivity index (χ1n) is 9.40. The van der Waals surface area contributed by atoms with Crippen molar-refractivity contribution in [1.29, 1.82) is 0 Å². The van der Waals surface area contributed by atoms with Crippen LogP contribution in [0, 0.1) is 0 Å². The Morgan fingerprint density at radius 3 is 2.00 bits per heavy atom. The Morgan fingerprint density at radius 1 is 1.14 bits per heavy atom. The molecule has 0 aromatic heterocycles. The first-order chi connectivity index (χ1) is 9.98. The highest BCUT2D eigenvalue weighted by Crippen LogP contribution is 2.48. The molecule has 1 nitrogen and oxygen atoms in total. The molecule has 1 saturated carbocycles. The van der Waals surface area contributed by atoms with Crippen LogP contribution in [0.2, 0.25) is 18.1 Å². The molecule has 0 aliphatic heterocycles. The predicted molar refractivity (Wildman–Crippen MR) is 109 cm³/mol. The lowest BCUT2D eigenvalue weighted by Gasteiger charge is -2.56.